The van der Waals surface area contributed by atoms with Crippen LogP contribution in [0.2, 0.25) is 0 Å². The molecule has 1 aliphatic heterocycles. The van der Waals surface area contributed by atoms with Gasteiger partial charge >= 0.3 is 6.03 Å². The highest BCUT2D eigenvalue weighted by Crippen LogP contribution is 2.27. The molecule has 2 atom stereocenters. The third-order valence-corrected chi connectivity index (χ3v) is 4.57. The van der Waals surface area contributed by atoms with E-state index < -0.39 is 6.17 Å². The number of nitrogens with one attached hydrogen (secondary N) is 1. The zero-order chi connectivity index (χ0) is 19.6. The Hall–Kier alpha value is -2.91. The van der Waals surface area contributed by atoms with E-state index in [0.717, 1.165) is 0 Å². The summed E-state index contributed by atoms with van der Waals surface area (Å²) in [5.41, 5.74) is 0. The molecule has 1 saturated heterocycles. The van der Waals surface area contributed by atoms with E-state index in [2.05, 4.69) is 20.4 Å². The molecule has 2 aromatic rings. The minimum absolute atomic E-state index is 0.160. The first-order chi connectivity index (χ1) is 12.8. The van der Waals surface area contributed by atoms with Crippen LogP contribution in [0.4, 0.5) is 26.8 Å². The van der Waals surface area contributed by atoms with Crippen LogP contribution in [0, 0.1) is 0 Å². The van der Waals surface area contributed by atoms with E-state index in [1.54, 1.807) is 53.1 Å². The Morgan fingerprint density at radius 3 is 2.78 bits per heavy atom. The van der Waals surface area contributed by atoms with Crippen LogP contribution in [0.5, 0.6) is 0 Å². The number of alkyl halides is 1. The first-order valence-electron chi connectivity index (χ1n) is 8.76. The number of amides is 2. The number of carbonyl (C=O) groups is 1. The molecule has 2 amide bonds. The molecule has 27 heavy (non-hydrogen) atoms. The molecule has 0 bridgehead atoms. The Labute approximate surface area is 157 Å². The van der Waals surface area contributed by atoms with Gasteiger partial charge in [-0.3, -0.25) is 10.00 Å². The summed E-state index contributed by atoms with van der Waals surface area (Å²) in [6.45, 7) is 0.636. The molecule has 0 saturated carbocycles. The van der Waals surface area contributed by atoms with Crippen LogP contribution in [0.25, 0.3) is 0 Å². The molecule has 0 spiro atoms. The minimum Gasteiger partial charge on any atom is -0.349 e. The Morgan fingerprint density at radius 2 is 2.11 bits per heavy atom. The van der Waals surface area contributed by atoms with E-state index in [9.17, 15) is 9.18 Å². The summed E-state index contributed by atoms with van der Waals surface area (Å²) in [6.07, 6.45) is 2.67. The maximum Gasteiger partial charge on any atom is 0.322 e. The van der Waals surface area contributed by atoms with Gasteiger partial charge in [0.15, 0.2) is 0 Å². The molecule has 3 rings (SSSR count). The largest absolute Gasteiger partial charge is 0.349 e. The van der Waals surface area contributed by atoms with Crippen molar-refractivity contribution in [3.8, 4) is 0 Å². The smallest absolute Gasteiger partial charge is 0.322 e. The van der Waals surface area contributed by atoms with E-state index in [0.29, 0.717) is 30.5 Å². The quantitative estimate of drug-likeness (QED) is 0.848. The summed E-state index contributed by atoms with van der Waals surface area (Å²) in [5.74, 6) is 1.83. The SMILES string of the molecule is CN(C[C@@H]1C[C@H](F)CN1c1ccnc(N(C)C)n1)C(=O)Nc1ccnn1C. The van der Waals surface area contributed by atoms with Gasteiger partial charge in [-0.15, -0.1) is 0 Å². The van der Waals surface area contributed by atoms with Crippen molar-refractivity contribution < 1.29 is 9.18 Å². The van der Waals surface area contributed by atoms with Gasteiger partial charge in [0.25, 0.3) is 0 Å². The summed E-state index contributed by atoms with van der Waals surface area (Å²) >= 11 is 0. The lowest BCUT2D eigenvalue weighted by Crippen LogP contribution is -2.43. The fourth-order valence-electron chi connectivity index (χ4n) is 3.13. The number of urea groups is 1. The monoisotopic (exact) mass is 376 g/mol. The number of carbonyl (C=O) groups excluding carboxylic acids is 1. The van der Waals surface area contributed by atoms with Gasteiger partial charge in [0.2, 0.25) is 5.95 Å². The average molecular weight is 376 g/mol. The predicted octanol–water partition coefficient (Wildman–Crippen LogP) is 1.36. The predicted molar refractivity (Wildman–Crippen MR) is 102 cm³/mol. The Morgan fingerprint density at radius 1 is 1.33 bits per heavy atom. The van der Waals surface area contributed by atoms with E-state index >= 15 is 0 Å². The molecule has 2 aromatic heterocycles. The first kappa shape index (κ1) is 18.9. The molecule has 9 nitrogen and oxygen atoms in total. The molecule has 1 fully saturated rings. The van der Waals surface area contributed by atoms with Gasteiger partial charge in [-0.05, 0) is 6.07 Å². The van der Waals surface area contributed by atoms with Crippen molar-refractivity contribution in [1.29, 1.82) is 0 Å². The van der Waals surface area contributed by atoms with E-state index in [1.165, 1.54) is 0 Å². The second kappa shape index (κ2) is 7.77. The third kappa shape index (κ3) is 4.26. The number of hydrogen-bond donors (Lipinski definition) is 1. The summed E-state index contributed by atoms with van der Waals surface area (Å²) < 4.78 is 15.7. The summed E-state index contributed by atoms with van der Waals surface area (Å²) in [7, 11) is 7.16. The molecule has 1 N–H and O–H groups in total. The van der Waals surface area contributed by atoms with Gasteiger partial charge in [0.05, 0.1) is 18.8 Å². The molecular weight excluding hydrogens is 351 g/mol. The number of anilines is 3. The Balaban J connectivity index is 1.69. The van der Waals surface area contributed by atoms with Gasteiger partial charge in [0.1, 0.15) is 17.8 Å². The molecule has 0 aromatic carbocycles. The second-order valence-corrected chi connectivity index (χ2v) is 6.90. The molecule has 146 valence electrons. The zero-order valence-electron chi connectivity index (χ0n) is 16.0. The third-order valence-electron chi connectivity index (χ3n) is 4.57. The van der Waals surface area contributed by atoms with Crippen molar-refractivity contribution >= 4 is 23.6 Å². The maximum absolute atomic E-state index is 14.2. The molecule has 0 unspecified atom stereocenters. The van der Waals surface area contributed by atoms with Gasteiger partial charge in [-0.2, -0.15) is 10.1 Å². The Kier molecular flexibility index (Phi) is 5.43. The summed E-state index contributed by atoms with van der Waals surface area (Å²) in [6, 6.07) is 3.06. The normalized spacial score (nSPS) is 19.2. The highest BCUT2D eigenvalue weighted by atomic mass is 19.1. The van der Waals surface area contributed by atoms with Crippen molar-refractivity contribution in [3.05, 3.63) is 24.5 Å². The van der Waals surface area contributed by atoms with Crippen molar-refractivity contribution in [3.63, 3.8) is 0 Å². The van der Waals surface area contributed by atoms with Gasteiger partial charge in [0, 0.05) is 53.4 Å². The fourth-order valence-corrected chi connectivity index (χ4v) is 3.13. The second-order valence-electron chi connectivity index (χ2n) is 6.90. The van der Waals surface area contributed by atoms with Gasteiger partial charge in [-0.25, -0.2) is 14.2 Å². The number of aromatic nitrogens is 4. The molecule has 3 heterocycles. The van der Waals surface area contributed by atoms with Crippen LogP contribution in [0.1, 0.15) is 6.42 Å². The van der Waals surface area contributed by atoms with Crippen molar-refractivity contribution in [2.24, 2.45) is 7.05 Å². The van der Waals surface area contributed by atoms with Crippen LogP contribution < -0.4 is 15.1 Å². The number of rotatable bonds is 5. The molecule has 0 aliphatic carbocycles. The first-order valence-corrected chi connectivity index (χ1v) is 8.76. The minimum atomic E-state index is -0.957. The maximum atomic E-state index is 14.2. The van der Waals surface area contributed by atoms with E-state index in [4.69, 9.17) is 0 Å². The molecule has 0 radical (unpaired) electrons. The van der Waals surface area contributed by atoms with E-state index in [1.807, 2.05) is 19.0 Å². The van der Waals surface area contributed by atoms with Crippen LogP contribution >= 0.6 is 0 Å². The number of aryl methyl sites for hydroxylation is 1. The lowest BCUT2D eigenvalue weighted by Gasteiger charge is -2.29. The van der Waals surface area contributed by atoms with Crippen LogP contribution in [0.15, 0.2) is 24.5 Å². The van der Waals surface area contributed by atoms with Crippen LogP contribution in [0.3, 0.4) is 0 Å². The highest BCUT2D eigenvalue weighted by Gasteiger charge is 2.34. The van der Waals surface area contributed by atoms with Crippen molar-refractivity contribution in [2.45, 2.75) is 18.6 Å². The van der Waals surface area contributed by atoms with Crippen LogP contribution in [-0.2, 0) is 7.05 Å². The number of hydrogen-bond acceptors (Lipinski definition) is 6. The molecular formula is C17H25FN8O. The topological polar surface area (TPSA) is 82.4 Å². The number of likely N-dealkylation sites (N-methyl/N-ethyl adjacent to an activating group) is 1. The molecule has 10 heteroatoms. The van der Waals surface area contributed by atoms with E-state index in [-0.39, 0.29) is 18.6 Å². The highest BCUT2D eigenvalue weighted by molar-refractivity contribution is 5.88. The lowest BCUT2D eigenvalue weighted by molar-refractivity contribution is 0.218. The summed E-state index contributed by atoms with van der Waals surface area (Å²) in [4.78, 5) is 26.4. The van der Waals surface area contributed by atoms with Gasteiger partial charge in [-0.1, -0.05) is 0 Å². The molecule has 1 aliphatic rings. The fraction of sp³-hybridized carbons (Fsp3) is 0.529. The Bertz CT molecular complexity index is 795. The average Bonchev–Trinajstić information content (AvgIpc) is 3.20. The standard InChI is InChI=1S/C17H25FN8O/c1-23(2)16-19-7-5-15(21-16)26-10-12(18)9-13(26)11-24(3)17(27)22-14-6-8-20-25(14)4/h5-8,12-13H,9-11H2,1-4H3,(H,22,27)/t12-,13-/m0/s1. The van der Waals surface area contributed by atoms with Crippen molar-refractivity contribution in [1.82, 2.24) is 24.6 Å². The van der Waals surface area contributed by atoms with Crippen molar-refractivity contribution in [2.75, 3.05) is 49.3 Å². The zero-order valence-corrected chi connectivity index (χ0v) is 16.0. The number of nitrogens with zero attached hydrogens (tertiary/aromatic N) is 7. The van der Waals surface area contributed by atoms with Gasteiger partial charge < -0.3 is 14.7 Å². The van der Waals surface area contributed by atoms with Crippen LogP contribution in [-0.4, -0.2) is 77.1 Å². The summed E-state index contributed by atoms with van der Waals surface area (Å²) in [5, 5.41) is 6.82. The number of halogens is 1. The lowest BCUT2D eigenvalue weighted by atomic mass is 10.2.